The molecule has 0 spiro atoms. The number of nitro benzene ring substituents is 1. The number of aromatic hydroxyl groups is 1. The Morgan fingerprint density at radius 2 is 2.17 bits per heavy atom. The van der Waals surface area contributed by atoms with E-state index in [1.54, 1.807) is 0 Å². The molecule has 120 valence electrons. The van der Waals surface area contributed by atoms with Crippen molar-refractivity contribution in [3.63, 3.8) is 0 Å². The number of hydrogen-bond acceptors (Lipinski definition) is 8. The molecule has 0 bridgehead atoms. The second-order valence-corrected chi connectivity index (χ2v) is 5.34. The lowest BCUT2D eigenvalue weighted by atomic mass is 10.1. The van der Waals surface area contributed by atoms with Crippen LogP contribution in [-0.2, 0) is 14.3 Å². The lowest BCUT2D eigenvalue weighted by Crippen LogP contribution is -2.34. The van der Waals surface area contributed by atoms with Crippen molar-refractivity contribution in [1.82, 2.24) is 4.90 Å². The standard InChI is InChI=1S/C13H10N2O7S/c1-22-11(17)6-14-12(18)10(23-13(14)19)5-7-4-8(15(20)21)2-3-9(7)16/h2-5,16H,6H2,1H3/b10-5+. The minimum absolute atomic E-state index is 0.0165. The van der Waals surface area contributed by atoms with Crippen molar-refractivity contribution in [1.29, 1.82) is 0 Å². The lowest BCUT2D eigenvalue weighted by Gasteiger charge is -2.09. The van der Waals surface area contributed by atoms with Crippen LogP contribution in [-0.4, -0.2) is 45.7 Å². The summed E-state index contributed by atoms with van der Waals surface area (Å²) >= 11 is 0.562. The number of carbonyl (C=O) groups excluding carboxylic acids is 3. The Bertz CT molecular complexity index is 744. The molecule has 1 fully saturated rings. The highest BCUT2D eigenvalue weighted by molar-refractivity contribution is 8.18. The van der Waals surface area contributed by atoms with Crippen LogP contribution in [0.15, 0.2) is 23.1 Å². The van der Waals surface area contributed by atoms with E-state index in [-0.39, 0.29) is 21.9 Å². The van der Waals surface area contributed by atoms with Crippen molar-refractivity contribution >= 4 is 40.6 Å². The monoisotopic (exact) mass is 338 g/mol. The van der Waals surface area contributed by atoms with E-state index in [9.17, 15) is 29.6 Å². The van der Waals surface area contributed by atoms with Gasteiger partial charge in [-0.25, -0.2) is 0 Å². The van der Waals surface area contributed by atoms with E-state index in [0.29, 0.717) is 16.7 Å². The quantitative estimate of drug-likeness (QED) is 0.379. The fourth-order valence-corrected chi connectivity index (χ4v) is 2.57. The van der Waals surface area contributed by atoms with Crippen LogP contribution in [0.4, 0.5) is 10.5 Å². The van der Waals surface area contributed by atoms with Crippen LogP contribution in [0.25, 0.3) is 6.08 Å². The van der Waals surface area contributed by atoms with Gasteiger partial charge in [-0.15, -0.1) is 0 Å². The van der Waals surface area contributed by atoms with Gasteiger partial charge in [0.1, 0.15) is 12.3 Å². The molecule has 0 radical (unpaired) electrons. The lowest BCUT2D eigenvalue weighted by molar-refractivity contribution is -0.384. The fraction of sp³-hybridized carbons (Fsp3) is 0.154. The summed E-state index contributed by atoms with van der Waals surface area (Å²) in [6.07, 6.45) is 1.16. The number of phenolic OH excluding ortho intramolecular Hbond substituents is 1. The topological polar surface area (TPSA) is 127 Å². The van der Waals surface area contributed by atoms with Gasteiger partial charge in [-0.1, -0.05) is 0 Å². The number of phenols is 1. The van der Waals surface area contributed by atoms with E-state index in [4.69, 9.17) is 0 Å². The van der Waals surface area contributed by atoms with Crippen LogP contribution in [0.5, 0.6) is 5.75 Å². The average Bonchev–Trinajstić information content (AvgIpc) is 2.76. The largest absolute Gasteiger partial charge is 0.507 e. The second kappa shape index (κ2) is 6.48. The first-order chi connectivity index (χ1) is 10.8. The molecular weight excluding hydrogens is 328 g/mol. The number of nitro groups is 1. The Labute approximate surface area is 133 Å². The summed E-state index contributed by atoms with van der Waals surface area (Å²) in [4.78, 5) is 45.7. The van der Waals surface area contributed by atoms with Gasteiger partial charge in [-0.3, -0.25) is 29.4 Å². The molecule has 1 N–H and O–H groups in total. The fourth-order valence-electron chi connectivity index (χ4n) is 1.74. The molecule has 1 heterocycles. The minimum Gasteiger partial charge on any atom is -0.507 e. The molecule has 2 amide bonds. The number of non-ortho nitro benzene ring substituents is 1. The van der Waals surface area contributed by atoms with E-state index >= 15 is 0 Å². The molecule has 0 unspecified atom stereocenters. The SMILES string of the molecule is COC(=O)CN1C(=O)S/C(=C/c2cc([N+](=O)[O-])ccc2O)C1=O. The third-order valence-electron chi connectivity index (χ3n) is 2.90. The predicted molar refractivity (Wildman–Crippen MR) is 79.5 cm³/mol. The average molecular weight is 338 g/mol. The Hall–Kier alpha value is -2.88. The zero-order valence-electron chi connectivity index (χ0n) is 11.7. The van der Waals surface area contributed by atoms with Crippen LogP contribution in [0.3, 0.4) is 0 Å². The van der Waals surface area contributed by atoms with Crippen LogP contribution < -0.4 is 0 Å². The summed E-state index contributed by atoms with van der Waals surface area (Å²) in [6, 6.07) is 3.29. The van der Waals surface area contributed by atoms with Crippen molar-refractivity contribution in [2.45, 2.75) is 0 Å². The first kappa shape index (κ1) is 16.5. The van der Waals surface area contributed by atoms with Crippen molar-refractivity contribution in [3.8, 4) is 5.75 Å². The van der Waals surface area contributed by atoms with Crippen LogP contribution in [0.2, 0.25) is 0 Å². The number of thioether (sulfide) groups is 1. The van der Waals surface area contributed by atoms with Gasteiger partial charge in [-0.05, 0) is 23.9 Å². The maximum Gasteiger partial charge on any atom is 0.325 e. The Morgan fingerprint density at radius 1 is 1.48 bits per heavy atom. The summed E-state index contributed by atoms with van der Waals surface area (Å²) in [6.45, 7) is -0.528. The molecule has 1 aliphatic heterocycles. The zero-order valence-corrected chi connectivity index (χ0v) is 12.5. The van der Waals surface area contributed by atoms with Gasteiger partial charge in [0.25, 0.3) is 16.8 Å². The molecule has 23 heavy (non-hydrogen) atoms. The van der Waals surface area contributed by atoms with E-state index in [1.807, 2.05) is 0 Å². The van der Waals surface area contributed by atoms with Crippen molar-refractivity contribution in [2.75, 3.05) is 13.7 Å². The first-order valence-corrected chi connectivity index (χ1v) is 6.94. The summed E-state index contributed by atoms with van der Waals surface area (Å²) in [5.74, 6) is -1.78. The number of ether oxygens (including phenoxy) is 1. The van der Waals surface area contributed by atoms with Crippen molar-refractivity contribution in [2.24, 2.45) is 0 Å². The number of rotatable bonds is 4. The molecule has 1 aromatic rings. The van der Waals surface area contributed by atoms with Gasteiger partial charge in [0.15, 0.2) is 0 Å². The molecule has 1 aliphatic rings. The molecular formula is C13H10N2O7S. The highest BCUT2D eigenvalue weighted by Gasteiger charge is 2.36. The maximum absolute atomic E-state index is 12.1. The normalized spacial score (nSPS) is 16.0. The molecule has 1 aromatic carbocycles. The van der Waals surface area contributed by atoms with Crippen LogP contribution in [0.1, 0.15) is 5.56 Å². The zero-order chi connectivity index (χ0) is 17.1. The van der Waals surface area contributed by atoms with Gasteiger partial charge in [0, 0.05) is 17.7 Å². The van der Waals surface area contributed by atoms with E-state index in [0.717, 1.165) is 31.4 Å². The number of nitrogens with zero attached hydrogens (tertiary/aromatic N) is 2. The minimum atomic E-state index is -0.758. The Kier molecular flexibility index (Phi) is 4.65. The molecule has 1 saturated heterocycles. The third-order valence-corrected chi connectivity index (χ3v) is 3.80. The van der Waals surface area contributed by atoms with E-state index < -0.39 is 28.6 Å². The molecule has 0 atom stereocenters. The number of amides is 2. The smallest absolute Gasteiger partial charge is 0.325 e. The summed E-state index contributed by atoms with van der Waals surface area (Å²) in [7, 11) is 1.12. The molecule has 0 saturated carbocycles. The highest BCUT2D eigenvalue weighted by Crippen LogP contribution is 2.34. The predicted octanol–water partition coefficient (Wildman–Crippen LogP) is 1.51. The number of benzene rings is 1. The molecule has 0 aliphatic carbocycles. The van der Waals surface area contributed by atoms with E-state index in [2.05, 4.69) is 4.74 Å². The van der Waals surface area contributed by atoms with E-state index in [1.165, 1.54) is 0 Å². The third kappa shape index (κ3) is 3.48. The number of carbonyl (C=O) groups is 3. The van der Waals surface area contributed by atoms with Crippen molar-refractivity contribution < 1.29 is 29.2 Å². The van der Waals surface area contributed by atoms with Gasteiger partial charge in [-0.2, -0.15) is 0 Å². The number of methoxy groups -OCH3 is 1. The summed E-state index contributed by atoms with van der Waals surface area (Å²) in [5, 5.41) is 19.8. The Morgan fingerprint density at radius 3 is 2.78 bits per heavy atom. The van der Waals surface area contributed by atoms with Gasteiger partial charge < -0.3 is 9.84 Å². The number of esters is 1. The summed E-state index contributed by atoms with van der Waals surface area (Å²) < 4.78 is 4.39. The van der Waals surface area contributed by atoms with Crippen LogP contribution >= 0.6 is 11.8 Å². The van der Waals surface area contributed by atoms with Crippen molar-refractivity contribution in [3.05, 3.63) is 38.8 Å². The highest BCUT2D eigenvalue weighted by atomic mass is 32.2. The van der Waals surface area contributed by atoms with Crippen LogP contribution in [0, 0.1) is 10.1 Å². The molecule has 0 aromatic heterocycles. The molecule has 2 rings (SSSR count). The van der Waals surface area contributed by atoms with Gasteiger partial charge in [0.2, 0.25) is 0 Å². The second-order valence-electron chi connectivity index (χ2n) is 4.34. The Balaban J connectivity index is 2.32. The molecule has 10 heteroatoms. The van der Waals surface area contributed by atoms with Gasteiger partial charge >= 0.3 is 5.97 Å². The first-order valence-electron chi connectivity index (χ1n) is 6.13. The van der Waals surface area contributed by atoms with Gasteiger partial charge in [0.05, 0.1) is 16.9 Å². The maximum atomic E-state index is 12.1. The summed E-state index contributed by atoms with van der Waals surface area (Å²) in [5.41, 5.74) is -0.259. The molecule has 9 nitrogen and oxygen atoms in total. The number of hydrogen-bond donors (Lipinski definition) is 1. The number of imide groups is 1.